The molecule has 6 heteroatoms. The number of hydrogen-bond acceptors (Lipinski definition) is 4. The summed E-state index contributed by atoms with van der Waals surface area (Å²) in [5.74, 6) is 0.993. The van der Waals surface area contributed by atoms with E-state index in [1.807, 2.05) is 93.7 Å². The minimum Gasteiger partial charge on any atom is -0.493 e. The first-order valence-electron chi connectivity index (χ1n) is 12.0. The second kappa shape index (κ2) is 11.1. The van der Waals surface area contributed by atoms with Crippen LogP contribution >= 0.6 is 0 Å². The van der Waals surface area contributed by atoms with Gasteiger partial charge in [0.15, 0.2) is 0 Å². The molecule has 4 rings (SSSR count). The van der Waals surface area contributed by atoms with Crippen molar-refractivity contribution in [1.82, 2.24) is 10.3 Å². The van der Waals surface area contributed by atoms with Crippen molar-refractivity contribution in [3.63, 3.8) is 0 Å². The van der Waals surface area contributed by atoms with Crippen molar-refractivity contribution >= 4 is 16.8 Å². The van der Waals surface area contributed by atoms with Gasteiger partial charge in [-0.05, 0) is 74.2 Å². The van der Waals surface area contributed by atoms with Gasteiger partial charge in [0.05, 0.1) is 30.9 Å². The number of aromatic amines is 1. The lowest BCUT2D eigenvalue weighted by molar-refractivity contribution is 0.0913. The van der Waals surface area contributed by atoms with Crippen LogP contribution in [-0.4, -0.2) is 41.4 Å². The fourth-order valence-corrected chi connectivity index (χ4v) is 4.18. The zero-order chi connectivity index (χ0) is 24.8. The van der Waals surface area contributed by atoms with E-state index in [2.05, 4.69) is 10.3 Å². The molecule has 182 valence electrons. The maximum Gasteiger partial charge on any atom is 0.255 e. The van der Waals surface area contributed by atoms with Crippen LogP contribution in [0.2, 0.25) is 0 Å². The molecule has 0 unspecified atom stereocenters. The number of rotatable bonds is 10. The topological polar surface area (TPSA) is 83.6 Å². The number of aliphatic hydroxyl groups excluding tert-OH is 1. The van der Waals surface area contributed by atoms with E-state index in [0.29, 0.717) is 24.3 Å². The van der Waals surface area contributed by atoms with Gasteiger partial charge in [-0.3, -0.25) is 4.79 Å². The summed E-state index contributed by atoms with van der Waals surface area (Å²) in [7, 11) is 0. The number of aromatic nitrogens is 1. The van der Waals surface area contributed by atoms with Gasteiger partial charge in [0.25, 0.3) is 5.91 Å². The van der Waals surface area contributed by atoms with Crippen molar-refractivity contribution in [1.29, 1.82) is 0 Å². The lowest BCUT2D eigenvalue weighted by Gasteiger charge is -2.18. The van der Waals surface area contributed by atoms with Crippen LogP contribution < -0.4 is 14.8 Å². The lowest BCUT2D eigenvalue weighted by atomic mass is 10.0. The Hall–Kier alpha value is -3.77. The average molecular weight is 473 g/mol. The van der Waals surface area contributed by atoms with Crippen molar-refractivity contribution in [3.05, 3.63) is 84.1 Å². The van der Waals surface area contributed by atoms with Gasteiger partial charge in [0.2, 0.25) is 0 Å². The molecule has 1 atom stereocenters. The molecule has 0 saturated carbocycles. The molecule has 6 nitrogen and oxygen atoms in total. The molecule has 3 N–H and O–H groups in total. The Labute approximate surface area is 205 Å². The van der Waals surface area contributed by atoms with Crippen molar-refractivity contribution in [3.8, 4) is 22.6 Å². The molecule has 0 aliphatic carbocycles. The zero-order valence-corrected chi connectivity index (χ0v) is 20.4. The monoisotopic (exact) mass is 472 g/mol. The summed E-state index contributed by atoms with van der Waals surface area (Å²) in [6, 6.07) is 20.9. The molecule has 1 aromatic heterocycles. The van der Waals surface area contributed by atoms with Crippen molar-refractivity contribution in [2.24, 2.45) is 0 Å². The summed E-state index contributed by atoms with van der Waals surface area (Å²) in [5.41, 5.74) is 4.32. The maximum atomic E-state index is 13.4. The number of aliphatic hydroxyl groups is 1. The van der Waals surface area contributed by atoms with Gasteiger partial charge >= 0.3 is 0 Å². The number of ether oxygens (including phenoxy) is 2. The second-order valence-corrected chi connectivity index (χ2v) is 8.75. The van der Waals surface area contributed by atoms with E-state index in [0.717, 1.165) is 33.3 Å². The highest BCUT2D eigenvalue weighted by atomic mass is 16.5. The van der Waals surface area contributed by atoms with E-state index < -0.39 is 6.04 Å². The van der Waals surface area contributed by atoms with E-state index in [9.17, 15) is 9.90 Å². The van der Waals surface area contributed by atoms with Gasteiger partial charge in [-0.15, -0.1) is 0 Å². The zero-order valence-electron chi connectivity index (χ0n) is 20.4. The number of carbonyl (C=O) groups is 1. The Bertz CT molecular complexity index is 1290. The first-order valence-corrected chi connectivity index (χ1v) is 12.0. The largest absolute Gasteiger partial charge is 0.493 e. The quantitative estimate of drug-likeness (QED) is 0.290. The van der Waals surface area contributed by atoms with E-state index in [1.54, 1.807) is 0 Å². The summed E-state index contributed by atoms with van der Waals surface area (Å²) < 4.78 is 11.6. The van der Waals surface area contributed by atoms with E-state index >= 15 is 0 Å². The van der Waals surface area contributed by atoms with Crippen LogP contribution in [0.25, 0.3) is 22.0 Å². The van der Waals surface area contributed by atoms with Gasteiger partial charge in [0, 0.05) is 17.1 Å². The summed E-state index contributed by atoms with van der Waals surface area (Å²) in [6.07, 6.45) is 2.50. The fraction of sp³-hybridized carbons (Fsp3) is 0.276. The number of para-hydroxylation sites is 1. The number of amides is 1. The highest BCUT2D eigenvalue weighted by Gasteiger charge is 2.19. The normalized spacial score (nSPS) is 12.0. The molecule has 0 aliphatic rings. The summed E-state index contributed by atoms with van der Waals surface area (Å²) >= 11 is 0. The van der Waals surface area contributed by atoms with Crippen molar-refractivity contribution in [2.45, 2.75) is 39.3 Å². The molecule has 0 saturated heterocycles. The number of carbonyl (C=O) groups excluding carboxylic acids is 1. The molecule has 0 bridgehead atoms. The molecule has 3 aromatic carbocycles. The molecule has 4 aromatic rings. The predicted octanol–water partition coefficient (Wildman–Crippen LogP) is 5.35. The van der Waals surface area contributed by atoms with Crippen molar-refractivity contribution in [2.75, 3.05) is 13.2 Å². The van der Waals surface area contributed by atoms with Crippen LogP contribution in [0.5, 0.6) is 11.5 Å². The number of fused-ring (bicyclic) bond motifs is 1. The van der Waals surface area contributed by atoms with Crippen molar-refractivity contribution < 1.29 is 19.4 Å². The molecule has 0 radical (unpaired) electrons. The highest BCUT2D eigenvalue weighted by molar-refractivity contribution is 5.98. The highest BCUT2D eigenvalue weighted by Crippen LogP contribution is 2.30. The molecule has 0 aliphatic heterocycles. The number of benzene rings is 3. The Morgan fingerprint density at radius 2 is 1.83 bits per heavy atom. The Kier molecular flexibility index (Phi) is 7.73. The van der Waals surface area contributed by atoms with Gasteiger partial charge in [0.1, 0.15) is 11.5 Å². The molecule has 0 spiro atoms. The minimum atomic E-state index is -0.442. The summed E-state index contributed by atoms with van der Waals surface area (Å²) in [5, 5.41) is 14.1. The summed E-state index contributed by atoms with van der Waals surface area (Å²) in [4.78, 5) is 16.6. The molecule has 1 heterocycles. The first-order chi connectivity index (χ1) is 17.0. The Morgan fingerprint density at radius 3 is 2.60 bits per heavy atom. The number of H-pyrrole nitrogens is 1. The molecule has 1 amide bonds. The molecular weight excluding hydrogens is 440 g/mol. The van der Waals surface area contributed by atoms with Crippen LogP contribution in [0.3, 0.4) is 0 Å². The Morgan fingerprint density at radius 1 is 1.03 bits per heavy atom. The SMILES string of the molecule is CCOc1ccc(-c2cccc(OC(C)C)c2)cc1C(=O)N[C@@H](CO)Cc1c[nH]c2ccccc12. The smallest absolute Gasteiger partial charge is 0.255 e. The average Bonchev–Trinajstić information content (AvgIpc) is 3.26. The van der Waals surface area contributed by atoms with Crippen LogP contribution in [0, 0.1) is 0 Å². The molecule has 0 fully saturated rings. The Balaban J connectivity index is 1.58. The van der Waals surface area contributed by atoms with Crippen LogP contribution in [0.4, 0.5) is 0 Å². The predicted molar refractivity (Wildman–Crippen MR) is 139 cm³/mol. The van der Waals surface area contributed by atoms with Gasteiger partial charge in [-0.2, -0.15) is 0 Å². The van der Waals surface area contributed by atoms with E-state index in [-0.39, 0.29) is 18.6 Å². The third kappa shape index (κ3) is 5.84. The second-order valence-electron chi connectivity index (χ2n) is 8.75. The summed E-state index contributed by atoms with van der Waals surface area (Å²) in [6.45, 7) is 6.12. The lowest BCUT2D eigenvalue weighted by Crippen LogP contribution is -2.39. The minimum absolute atomic E-state index is 0.0690. The maximum absolute atomic E-state index is 13.4. The van der Waals surface area contributed by atoms with Crippen LogP contribution in [0.1, 0.15) is 36.7 Å². The number of hydrogen-bond donors (Lipinski definition) is 3. The van der Waals surface area contributed by atoms with Gasteiger partial charge < -0.3 is 24.9 Å². The van der Waals surface area contributed by atoms with Gasteiger partial charge in [-0.25, -0.2) is 0 Å². The fourth-order valence-electron chi connectivity index (χ4n) is 4.18. The first kappa shape index (κ1) is 24.4. The standard InChI is InChI=1S/C29H32N2O4/c1-4-34-28-13-12-21(20-8-7-9-24(15-20)35-19(2)3)16-26(28)29(33)31-23(18-32)14-22-17-30-27-11-6-5-10-25(22)27/h5-13,15-17,19,23,30,32H,4,14,18H2,1-3H3,(H,31,33)/t23-/m1/s1. The molecule has 35 heavy (non-hydrogen) atoms. The van der Waals surface area contributed by atoms with Gasteiger partial charge in [-0.1, -0.05) is 36.4 Å². The third-order valence-electron chi connectivity index (χ3n) is 5.76. The number of nitrogens with one attached hydrogen (secondary N) is 2. The van der Waals surface area contributed by atoms with Crippen LogP contribution in [-0.2, 0) is 6.42 Å². The van der Waals surface area contributed by atoms with E-state index in [1.165, 1.54) is 0 Å². The van der Waals surface area contributed by atoms with Crippen LogP contribution in [0.15, 0.2) is 72.9 Å². The third-order valence-corrected chi connectivity index (χ3v) is 5.76. The molecular formula is C29H32N2O4. The van der Waals surface area contributed by atoms with E-state index in [4.69, 9.17) is 9.47 Å².